The number of benzene rings is 2. The highest BCUT2D eigenvalue weighted by Gasteiger charge is 2.19. The number of aryl methyl sites for hydroxylation is 1. The van der Waals surface area contributed by atoms with Gasteiger partial charge in [0.2, 0.25) is 0 Å². The van der Waals surface area contributed by atoms with Crippen LogP contribution in [0, 0.1) is 6.92 Å². The van der Waals surface area contributed by atoms with Gasteiger partial charge in [-0.3, -0.25) is 0 Å². The first-order valence-corrected chi connectivity index (χ1v) is 8.57. The fourth-order valence-corrected chi connectivity index (χ4v) is 2.64. The molecule has 0 aliphatic heterocycles. The van der Waals surface area contributed by atoms with Gasteiger partial charge in [0.15, 0.2) is 0 Å². The number of esters is 1. The van der Waals surface area contributed by atoms with Crippen molar-refractivity contribution in [2.45, 2.75) is 20.0 Å². The van der Waals surface area contributed by atoms with Crippen molar-refractivity contribution in [2.75, 3.05) is 25.5 Å². The highest BCUT2D eigenvalue weighted by atomic mass is 16.5. The molecule has 3 N–H and O–H groups in total. The molecule has 2 aromatic rings. The number of aromatic hydroxyl groups is 1. The van der Waals surface area contributed by atoms with Gasteiger partial charge in [-0.25, -0.2) is 9.59 Å². The Morgan fingerprint density at radius 3 is 2.56 bits per heavy atom. The van der Waals surface area contributed by atoms with Crippen LogP contribution in [0.15, 0.2) is 42.5 Å². The Labute approximate surface area is 158 Å². The highest BCUT2D eigenvalue weighted by Crippen LogP contribution is 2.21. The first kappa shape index (κ1) is 20.3. The van der Waals surface area contributed by atoms with E-state index >= 15 is 0 Å². The average Bonchev–Trinajstić information content (AvgIpc) is 2.66. The number of urea groups is 1. The number of methoxy groups -OCH3 is 1. The van der Waals surface area contributed by atoms with Crippen LogP contribution in [0.5, 0.6) is 5.75 Å². The smallest absolute Gasteiger partial charge is 0.337 e. The third-order valence-electron chi connectivity index (χ3n) is 4.21. The second-order valence-corrected chi connectivity index (χ2v) is 6.10. The summed E-state index contributed by atoms with van der Waals surface area (Å²) in [6, 6.07) is 10.8. The highest BCUT2D eigenvalue weighted by molar-refractivity contribution is 5.93. The molecule has 1 atom stereocenters. The molecule has 0 saturated heterocycles. The third-order valence-corrected chi connectivity index (χ3v) is 4.21. The van der Waals surface area contributed by atoms with Gasteiger partial charge in [-0.1, -0.05) is 12.1 Å². The minimum absolute atomic E-state index is 0.0559. The second-order valence-electron chi connectivity index (χ2n) is 6.10. The number of amides is 2. The normalized spacial score (nSPS) is 11.6. The van der Waals surface area contributed by atoms with Crippen LogP contribution in [0.2, 0.25) is 0 Å². The fourth-order valence-electron chi connectivity index (χ4n) is 2.64. The number of hydrogen-bond acceptors (Lipinski definition) is 5. The predicted molar refractivity (Wildman–Crippen MR) is 102 cm³/mol. The minimum atomic E-state index is -0.925. The summed E-state index contributed by atoms with van der Waals surface area (Å²) in [5, 5.41) is 22.7. The summed E-state index contributed by atoms with van der Waals surface area (Å²) in [7, 11) is 1.31. The van der Waals surface area contributed by atoms with E-state index in [4.69, 9.17) is 0 Å². The van der Waals surface area contributed by atoms with E-state index in [1.165, 1.54) is 24.1 Å². The molecular weight excluding hydrogens is 348 g/mol. The topological polar surface area (TPSA) is 99.1 Å². The van der Waals surface area contributed by atoms with Crippen molar-refractivity contribution >= 4 is 17.7 Å². The lowest BCUT2D eigenvalue weighted by molar-refractivity contribution is 0.0600. The Morgan fingerprint density at radius 2 is 1.96 bits per heavy atom. The quantitative estimate of drug-likeness (QED) is 0.677. The van der Waals surface area contributed by atoms with E-state index in [9.17, 15) is 19.8 Å². The van der Waals surface area contributed by atoms with Gasteiger partial charge in [0.25, 0.3) is 0 Å². The predicted octanol–water partition coefficient (Wildman–Crippen LogP) is 3.07. The monoisotopic (exact) mass is 372 g/mol. The van der Waals surface area contributed by atoms with Gasteiger partial charge in [0.05, 0.1) is 25.3 Å². The number of aliphatic hydroxyl groups excluding tert-OH is 1. The van der Waals surface area contributed by atoms with Crippen molar-refractivity contribution in [1.29, 1.82) is 0 Å². The SMILES string of the molecule is CCN(CC(O)c1cccc(O)c1)C(=O)Nc1ccc(C(=O)OC)cc1C. The van der Waals surface area contributed by atoms with Gasteiger partial charge in [0, 0.05) is 12.2 Å². The molecule has 1 unspecified atom stereocenters. The molecule has 27 heavy (non-hydrogen) atoms. The number of nitrogens with one attached hydrogen (secondary N) is 1. The Bertz CT molecular complexity index is 822. The van der Waals surface area contributed by atoms with Crippen molar-refractivity contribution in [3.05, 3.63) is 59.2 Å². The third kappa shape index (κ3) is 5.21. The average molecular weight is 372 g/mol. The summed E-state index contributed by atoms with van der Waals surface area (Å²) < 4.78 is 4.68. The van der Waals surface area contributed by atoms with Gasteiger partial charge >= 0.3 is 12.0 Å². The summed E-state index contributed by atoms with van der Waals surface area (Å²) in [5.74, 6) is -0.388. The van der Waals surface area contributed by atoms with E-state index in [1.54, 1.807) is 37.3 Å². The maximum atomic E-state index is 12.6. The number of aliphatic hydroxyl groups is 1. The number of phenols is 1. The van der Waals surface area contributed by atoms with Crippen LogP contribution in [0.25, 0.3) is 0 Å². The van der Waals surface area contributed by atoms with Crippen LogP contribution < -0.4 is 5.32 Å². The molecule has 0 aliphatic rings. The summed E-state index contributed by atoms with van der Waals surface area (Å²) >= 11 is 0. The summed E-state index contributed by atoms with van der Waals surface area (Å²) in [6.45, 7) is 4.05. The molecule has 0 bridgehead atoms. The zero-order valence-electron chi connectivity index (χ0n) is 15.6. The van der Waals surface area contributed by atoms with Gasteiger partial charge in [0.1, 0.15) is 5.75 Å². The van der Waals surface area contributed by atoms with E-state index in [0.29, 0.717) is 23.4 Å². The Balaban J connectivity index is 2.07. The summed E-state index contributed by atoms with van der Waals surface area (Å²) in [4.78, 5) is 25.6. The van der Waals surface area contributed by atoms with E-state index in [0.717, 1.165) is 5.56 Å². The van der Waals surface area contributed by atoms with Crippen LogP contribution in [0.4, 0.5) is 10.5 Å². The standard InChI is InChI=1S/C20H24N2O5/c1-4-22(12-18(24)14-6-5-7-16(23)11-14)20(26)21-17-9-8-15(10-13(17)2)19(25)27-3/h5-11,18,23-24H,4,12H2,1-3H3,(H,21,26). The Hall–Kier alpha value is -3.06. The number of likely N-dealkylation sites (N-methyl/N-ethyl adjacent to an activating group) is 1. The molecule has 2 rings (SSSR count). The van der Waals surface area contributed by atoms with Crippen LogP contribution in [-0.4, -0.2) is 47.3 Å². The number of carbonyl (C=O) groups is 2. The van der Waals surface area contributed by atoms with Gasteiger partial charge in [-0.2, -0.15) is 0 Å². The summed E-state index contributed by atoms with van der Waals surface area (Å²) in [5.41, 5.74) is 2.22. The Morgan fingerprint density at radius 1 is 1.22 bits per heavy atom. The maximum Gasteiger partial charge on any atom is 0.337 e. The zero-order valence-corrected chi connectivity index (χ0v) is 15.6. The molecular formula is C20H24N2O5. The molecule has 7 heteroatoms. The van der Waals surface area contributed by atoms with Crippen LogP contribution in [-0.2, 0) is 4.74 Å². The molecule has 2 amide bonds. The number of rotatable bonds is 6. The van der Waals surface area contributed by atoms with E-state index < -0.39 is 12.1 Å². The minimum Gasteiger partial charge on any atom is -0.508 e. The largest absolute Gasteiger partial charge is 0.508 e. The molecule has 0 aromatic heterocycles. The molecule has 2 aromatic carbocycles. The van der Waals surface area contributed by atoms with Crippen LogP contribution >= 0.6 is 0 Å². The molecule has 0 saturated carbocycles. The molecule has 0 spiro atoms. The van der Waals surface area contributed by atoms with Crippen molar-refractivity contribution in [1.82, 2.24) is 4.90 Å². The summed E-state index contributed by atoms with van der Waals surface area (Å²) in [6.07, 6.45) is -0.925. The lowest BCUT2D eigenvalue weighted by Gasteiger charge is -2.25. The zero-order chi connectivity index (χ0) is 20.0. The number of hydrogen-bond donors (Lipinski definition) is 3. The molecule has 0 fully saturated rings. The van der Waals surface area contributed by atoms with Crippen molar-refractivity contribution < 1.29 is 24.5 Å². The van der Waals surface area contributed by atoms with Crippen molar-refractivity contribution in [2.24, 2.45) is 0 Å². The second kappa shape index (κ2) is 9.05. The van der Waals surface area contributed by atoms with E-state index in [1.807, 2.05) is 6.92 Å². The number of nitrogens with zero attached hydrogens (tertiary/aromatic N) is 1. The number of anilines is 1. The lowest BCUT2D eigenvalue weighted by atomic mass is 10.1. The first-order valence-electron chi connectivity index (χ1n) is 8.57. The van der Waals surface area contributed by atoms with Crippen molar-refractivity contribution in [3.63, 3.8) is 0 Å². The molecule has 0 radical (unpaired) electrons. The van der Waals surface area contributed by atoms with Crippen LogP contribution in [0.1, 0.15) is 34.5 Å². The van der Waals surface area contributed by atoms with Crippen molar-refractivity contribution in [3.8, 4) is 5.75 Å². The Kier molecular flexibility index (Phi) is 6.79. The molecule has 0 heterocycles. The number of ether oxygens (including phenoxy) is 1. The van der Waals surface area contributed by atoms with Gasteiger partial charge in [-0.15, -0.1) is 0 Å². The van der Waals surface area contributed by atoms with Gasteiger partial charge in [-0.05, 0) is 55.3 Å². The van der Waals surface area contributed by atoms with E-state index in [2.05, 4.69) is 10.1 Å². The molecule has 0 aliphatic carbocycles. The van der Waals surface area contributed by atoms with E-state index in [-0.39, 0.29) is 18.3 Å². The first-order chi connectivity index (χ1) is 12.8. The van der Waals surface area contributed by atoms with Gasteiger partial charge < -0.3 is 25.2 Å². The molecule has 144 valence electrons. The maximum absolute atomic E-state index is 12.6. The fraction of sp³-hybridized carbons (Fsp3) is 0.300. The number of phenolic OH excluding ortho intramolecular Hbond substituents is 1. The van der Waals surface area contributed by atoms with Crippen LogP contribution in [0.3, 0.4) is 0 Å². The molecule has 7 nitrogen and oxygen atoms in total. The lowest BCUT2D eigenvalue weighted by Crippen LogP contribution is -2.38. The number of carbonyl (C=O) groups excluding carboxylic acids is 2.